The molecule has 0 aromatic heterocycles. The van der Waals surface area contributed by atoms with E-state index in [0.29, 0.717) is 24.6 Å². The molecule has 2 aliphatic rings. The summed E-state index contributed by atoms with van der Waals surface area (Å²) in [7, 11) is 0. The first-order chi connectivity index (χ1) is 15.0. The van der Waals surface area contributed by atoms with Crippen molar-refractivity contribution in [3.05, 3.63) is 54.6 Å². The molecule has 1 aromatic rings. The van der Waals surface area contributed by atoms with Crippen LogP contribution in [0.4, 0.5) is 0 Å². The Balaban J connectivity index is 1.40. The first-order valence-electron chi connectivity index (χ1n) is 11.2. The van der Waals surface area contributed by atoms with Gasteiger partial charge >= 0.3 is 0 Å². The highest BCUT2D eigenvalue weighted by molar-refractivity contribution is 5.86. The maximum Gasteiger partial charge on any atom is 0.220 e. The van der Waals surface area contributed by atoms with Crippen molar-refractivity contribution in [3.63, 3.8) is 0 Å². The normalized spacial score (nSPS) is 24.7. The van der Waals surface area contributed by atoms with Gasteiger partial charge in [0, 0.05) is 30.7 Å². The van der Waals surface area contributed by atoms with Gasteiger partial charge in [-0.3, -0.25) is 9.59 Å². The van der Waals surface area contributed by atoms with Crippen molar-refractivity contribution in [3.8, 4) is 5.75 Å². The molecule has 0 radical (unpaired) electrons. The molecule has 0 bridgehead atoms. The molecule has 4 atom stereocenters. The lowest BCUT2D eigenvalue weighted by atomic mass is 9.90. The van der Waals surface area contributed by atoms with Gasteiger partial charge in [0.2, 0.25) is 5.91 Å². The fourth-order valence-electron chi connectivity index (χ4n) is 3.81. The highest BCUT2D eigenvalue weighted by Crippen LogP contribution is 2.33. The van der Waals surface area contributed by atoms with Gasteiger partial charge < -0.3 is 20.3 Å². The molecule has 0 saturated heterocycles. The molecule has 3 rings (SSSR count). The van der Waals surface area contributed by atoms with E-state index < -0.39 is 18.1 Å². The molecular weight excluding hydrogens is 394 g/mol. The fourth-order valence-corrected chi connectivity index (χ4v) is 3.81. The molecule has 1 aromatic carbocycles. The summed E-state index contributed by atoms with van der Waals surface area (Å²) in [6.07, 6.45) is 10.8. The Bertz CT molecular complexity index is 771. The number of aliphatic hydroxyl groups excluding tert-OH is 2. The van der Waals surface area contributed by atoms with Crippen molar-refractivity contribution in [2.45, 2.75) is 63.2 Å². The summed E-state index contributed by atoms with van der Waals surface area (Å²) >= 11 is 0. The lowest BCUT2D eigenvalue weighted by Crippen LogP contribution is -2.24. The average Bonchev–Trinajstić information content (AvgIpc) is 3.52. The molecule has 0 aliphatic heterocycles. The van der Waals surface area contributed by atoms with E-state index in [1.807, 2.05) is 42.5 Å². The van der Waals surface area contributed by atoms with E-state index in [-0.39, 0.29) is 30.6 Å². The van der Waals surface area contributed by atoms with Crippen LogP contribution >= 0.6 is 0 Å². The Labute approximate surface area is 184 Å². The molecule has 0 heterocycles. The number of ether oxygens (including phenoxy) is 1. The van der Waals surface area contributed by atoms with Crippen LogP contribution in [-0.4, -0.2) is 46.8 Å². The number of carbonyl (C=O) groups excluding carboxylic acids is 2. The molecule has 2 fully saturated rings. The van der Waals surface area contributed by atoms with Crippen LogP contribution in [0.2, 0.25) is 0 Å². The van der Waals surface area contributed by atoms with Gasteiger partial charge in [-0.1, -0.05) is 42.5 Å². The van der Waals surface area contributed by atoms with Crippen molar-refractivity contribution < 1.29 is 24.5 Å². The number of hydrogen-bond donors (Lipinski definition) is 3. The molecule has 2 saturated carbocycles. The van der Waals surface area contributed by atoms with Crippen molar-refractivity contribution in [1.82, 2.24) is 5.32 Å². The van der Waals surface area contributed by atoms with Crippen molar-refractivity contribution in [2.24, 2.45) is 11.8 Å². The number of para-hydroxylation sites is 1. The third-order valence-corrected chi connectivity index (χ3v) is 5.73. The molecule has 31 heavy (non-hydrogen) atoms. The van der Waals surface area contributed by atoms with Gasteiger partial charge in [-0.25, -0.2) is 0 Å². The third-order valence-electron chi connectivity index (χ3n) is 5.73. The number of aliphatic hydroxyl groups is 2. The summed E-state index contributed by atoms with van der Waals surface area (Å²) in [5, 5.41) is 23.4. The molecule has 6 nitrogen and oxygen atoms in total. The topological polar surface area (TPSA) is 95.9 Å². The van der Waals surface area contributed by atoms with Crippen molar-refractivity contribution in [1.29, 1.82) is 0 Å². The Morgan fingerprint density at radius 3 is 2.74 bits per heavy atom. The maximum absolute atomic E-state index is 12.3. The third kappa shape index (κ3) is 7.96. The predicted octanol–water partition coefficient (Wildman–Crippen LogP) is 2.94. The zero-order valence-corrected chi connectivity index (χ0v) is 17.9. The zero-order valence-electron chi connectivity index (χ0n) is 17.9. The number of hydrogen-bond acceptors (Lipinski definition) is 5. The van der Waals surface area contributed by atoms with E-state index in [2.05, 4.69) is 5.32 Å². The number of benzene rings is 1. The summed E-state index contributed by atoms with van der Waals surface area (Å²) in [5.74, 6) is 0.189. The molecule has 1 unspecified atom stereocenters. The summed E-state index contributed by atoms with van der Waals surface area (Å²) in [4.78, 5) is 24.0. The molecule has 6 heteroatoms. The maximum atomic E-state index is 12.3. The first kappa shape index (κ1) is 23.2. The lowest BCUT2D eigenvalue weighted by molar-refractivity contribution is -0.121. The van der Waals surface area contributed by atoms with E-state index >= 15 is 0 Å². The van der Waals surface area contributed by atoms with Crippen LogP contribution in [0.3, 0.4) is 0 Å². The second-order valence-electron chi connectivity index (χ2n) is 8.44. The van der Waals surface area contributed by atoms with Gasteiger partial charge in [0.1, 0.15) is 24.2 Å². The molecule has 0 spiro atoms. The van der Waals surface area contributed by atoms with Gasteiger partial charge in [-0.05, 0) is 44.2 Å². The molecule has 1 amide bonds. The number of carbonyl (C=O) groups is 2. The summed E-state index contributed by atoms with van der Waals surface area (Å²) < 4.78 is 5.53. The monoisotopic (exact) mass is 427 g/mol. The SMILES string of the molecule is O=C(CCCC=CCC1[C@@H](O)CC(=O)[C@@H]1C=C[C@@H](O)COc1ccccc1)NC1CC1. The number of ketones is 1. The lowest BCUT2D eigenvalue weighted by Gasteiger charge is -2.17. The van der Waals surface area contributed by atoms with Gasteiger partial charge in [-0.15, -0.1) is 0 Å². The van der Waals surface area contributed by atoms with Crippen LogP contribution in [-0.2, 0) is 9.59 Å². The molecule has 2 aliphatic carbocycles. The fraction of sp³-hybridized carbons (Fsp3) is 0.520. The van der Waals surface area contributed by atoms with Crippen LogP contribution in [0.5, 0.6) is 5.75 Å². The van der Waals surface area contributed by atoms with Gasteiger partial charge in [0.15, 0.2) is 0 Å². The number of Topliss-reactive ketones (excluding diaryl/α,β-unsaturated/α-hetero) is 1. The quantitative estimate of drug-likeness (QED) is 0.352. The van der Waals surface area contributed by atoms with E-state index in [4.69, 9.17) is 4.74 Å². The standard InChI is InChI=1S/C25H33NO5/c27-19(17-31-20-8-4-3-5-9-20)14-15-22-21(23(28)16-24(22)29)10-6-1-2-7-11-25(30)26-18-12-13-18/h1,3-6,8-9,14-15,18-19,21-23,27-28H,2,7,10-13,16-17H2,(H,26,30)/t19-,21?,22-,23+/m1/s1. The number of amides is 1. The van der Waals surface area contributed by atoms with Gasteiger partial charge in [0.05, 0.1) is 6.10 Å². The summed E-state index contributed by atoms with van der Waals surface area (Å²) in [5.41, 5.74) is 0. The van der Waals surface area contributed by atoms with Crippen LogP contribution in [0.25, 0.3) is 0 Å². The summed E-state index contributed by atoms with van der Waals surface area (Å²) in [6.45, 7) is 0.100. The van der Waals surface area contributed by atoms with Crippen LogP contribution < -0.4 is 10.1 Å². The minimum absolute atomic E-state index is 0.00456. The Morgan fingerprint density at radius 2 is 2.00 bits per heavy atom. The number of allylic oxidation sites excluding steroid dienone is 3. The molecule has 3 N–H and O–H groups in total. The molecular formula is C25H33NO5. The summed E-state index contributed by atoms with van der Waals surface area (Å²) in [6, 6.07) is 9.64. The van der Waals surface area contributed by atoms with Crippen LogP contribution in [0, 0.1) is 11.8 Å². The zero-order chi connectivity index (χ0) is 22.1. The smallest absolute Gasteiger partial charge is 0.220 e. The van der Waals surface area contributed by atoms with E-state index in [9.17, 15) is 19.8 Å². The Kier molecular flexibility index (Phi) is 8.85. The number of nitrogens with one attached hydrogen (secondary N) is 1. The second-order valence-corrected chi connectivity index (χ2v) is 8.44. The average molecular weight is 428 g/mol. The van der Waals surface area contributed by atoms with Crippen molar-refractivity contribution >= 4 is 11.7 Å². The van der Waals surface area contributed by atoms with E-state index in [1.54, 1.807) is 12.2 Å². The van der Waals surface area contributed by atoms with Crippen LogP contribution in [0.15, 0.2) is 54.6 Å². The first-order valence-corrected chi connectivity index (χ1v) is 11.2. The van der Waals surface area contributed by atoms with Gasteiger partial charge in [-0.2, -0.15) is 0 Å². The highest BCUT2D eigenvalue weighted by Gasteiger charge is 2.39. The van der Waals surface area contributed by atoms with E-state index in [1.165, 1.54) is 0 Å². The van der Waals surface area contributed by atoms with Crippen LogP contribution in [0.1, 0.15) is 44.9 Å². The highest BCUT2D eigenvalue weighted by atomic mass is 16.5. The number of unbranched alkanes of at least 4 members (excludes halogenated alkanes) is 1. The largest absolute Gasteiger partial charge is 0.491 e. The van der Waals surface area contributed by atoms with Crippen molar-refractivity contribution in [2.75, 3.05) is 6.61 Å². The Hall–Kier alpha value is -2.44. The second kappa shape index (κ2) is 11.8. The van der Waals surface area contributed by atoms with Gasteiger partial charge in [0.25, 0.3) is 0 Å². The Morgan fingerprint density at radius 1 is 1.23 bits per heavy atom. The van der Waals surface area contributed by atoms with E-state index in [0.717, 1.165) is 25.7 Å². The predicted molar refractivity (Wildman–Crippen MR) is 118 cm³/mol. The minimum atomic E-state index is -0.830. The molecule has 168 valence electrons. The number of rotatable bonds is 12. The minimum Gasteiger partial charge on any atom is -0.491 e.